The van der Waals surface area contributed by atoms with Crippen LogP contribution in [-0.4, -0.2) is 58.8 Å². The lowest BCUT2D eigenvalue weighted by atomic mass is 10.2. The van der Waals surface area contributed by atoms with Crippen LogP contribution in [0.2, 0.25) is 0 Å². The predicted molar refractivity (Wildman–Crippen MR) is 49.0 cm³/mol. The van der Waals surface area contributed by atoms with Gasteiger partial charge in [-0.05, 0) is 0 Å². The summed E-state index contributed by atoms with van der Waals surface area (Å²) >= 11 is 0. The molecule has 0 spiro atoms. The minimum absolute atomic E-state index is 0.310. The van der Waals surface area contributed by atoms with Crippen molar-refractivity contribution in [1.82, 2.24) is 10.8 Å². The summed E-state index contributed by atoms with van der Waals surface area (Å²) in [6.45, 7) is 1.80. The van der Waals surface area contributed by atoms with Crippen molar-refractivity contribution in [2.45, 2.75) is 18.4 Å². The lowest BCUT2D eigenvalue weighted by molar-refractivity contribution is -0.193. The summed E-state index contributed by atoms with van der Waals surface area (Å²) in [6, 6.07) is 0.310. The van der Waals surface area contributed by atoms with Gasteiger partial charge in [0.1, 0.15) is 0 Å². The molecule has 0 radical (unpaired) electrons. The molecule has 0 bridgehead atoms. The third-order valence-electron chi connectivity index (χ3n) is 1.45. The van der Waals surface area contributed by atoms with Gasteiger partial charge < -0.3 is 20.7 Å². The van der Waals surface area contributed by atoms with Crippen molar-refractivity contribution in [3.05, 3.63) is 0 Å². The van der Waals surface area contributed by atoms with Gasteiger partial charge in [0.2, 0.25) is 0 Å². The van der Waals surface area contributed by atoms with E-state index in [2.05, 4.69) is 10.8 Å². The van der Waals surface area contributed by atoms with Crippen LogP contribution in [0.1, 0.15) is 0 Å². The number of halogens is 6. The monoisotopic (exact) mass is 316 g/mol. The van der Waals surface area contributed by atoms with E-state index in [1.807, 2.05) is 0 Å². The lowest BCUT2D eigenvalue weighted by Crippen LogP contribution is -2.54. The predicted octanol–water partition coefficient (Wildman–Crippen LogP) is 0.204. The van der Waals surface area contributed by atoms with E-state index in [1.54, 1.807) is 0 Å². The van der Waals surface area contributed by atoms with Gasteiger partial charge in [-0.2, -0.15) is 31.8 Å². The standard InChI is InChI=1S/C3H8N2O.2C2HF3O2/c6-5-3-1-4-2-3;2*3-2(4,5)1(6)7/h3-6H,1-2H2;2*(H,6,7). The summed E-state index contributed by atoms with van der Waals surface area (Å²) < 4.78 is 63.5. The molecule has 0 aromatic rings. The van der Waals surface area contributed by atoms with Crippen molar-refractivity contribution in [3.63, 3.8) is 0 Å². The highest BCUT2D eigenvalue weighted by molar-refractivity contribution is 5.73. The third kappa shape index (κ3) is 11.5. The molecule has 0 atom stereocenters. The highest BCUT2D eigenvalue weighted by Gasteiger charge is 2.38. The Morgan fingerprint density at radius 1 is 0.950 bits per heavy atom. The largest absolute Gasteiger partial charge is 0.490 e. The van der Waals surface area contributed by atoms with Crippen LogP contribution in [0.25, 0.3) is 0 Å². The molecule has 1 aliphatic heterocycles. The van der Waals surface area contributed by atoms with Crippen molar-refractivity contribution in [1.29, 1.82) is 0 Å². The summed E-state index contributed by atoms with van der Waals surface area (Å²) in [5.41, 5.74) is 2.14. The zero-order valence-corrected chi connectivity index (χ0v) is 9.42. The maximum atomic E-state index is 10.6. The van der Waals surface area contributed by atoms with Crippen LogP contribution < -0.4 is 10.8 Å². The first-order chi connectivity index (χ1) is 8.82. The van der Waals surface area contributed by atoms with E-state index in [4.69, 9.17) is 25.0 Å². The average Bonchev–Trinajstić information content (AvgIpc) is 2.14. The Morgan fingerprint density at radius 2 is 1.20 bits per heavy atom. The molecule has 1 heterocycles. The van der Waals surface area contributed by atoms with E-state index in [-0.39, 0.29) is 0 Å². The topological polar surface area (TPSA) is 119 Å². The first-order valence-electron chi connectivity index (χ1n) is 4.53. The van der Waals surface area contributed by atoms with Crippen LogP contribution in [0.4, 0.5) is 26.3 Å². The second-order valence-electron chi connectivity index (χ2n) is 3.09. The Morgan fingerprint density at radius 3 is 1.20 bits per heavy atom. The van der Waals surface area contributed by atoms with Gasteiger partial charge in [-0.25, -0.2) is 9.59 Å². The Hall–Kier alpha value is -1.60. The Balaban J connectivity index is 0. The third-order valence-corrected chi connectivity index (χ3v) is 1.45. The van der Waals surface area contributed by atoms with Gasteiger partial charge >= 0.3 is 24.3 Å². The molecular weight excluding hydrogens is 306 g/mol. The Kier molecular flexibility index (Phi) is 8.85. The summed E-state index contributed by atoms with van der Waals surface area (Å²) in [5.74, 6) is -5.51. The number of hydrogen-bond donors (Lipinski definition) is 5. The molecule has 0 aromatic heterocycles. The molecule has 7 nitrogen and oxygen atoms in total. The zero-order valence-electron chi connectivity index (χ0n) is 9.42. The minimum atomic E-state index is -5.08. The number of carbonyl (C=O) groups is 2. The number of nitrogens with one attached hydrogen (secondary N) is 2. The Bertz CT molecular complexity index is 287. The van der Waals surface area contributed by atoms with Crippen LogP contribution in [0.15, 0.2) is 0 Å². The maximum absolute atomic E-state index is 10.6. The van der Waals surface area contributed by atoms with E-state index in [0.717, 1.165) is 13.1 Å². The summed E-state index contributed by atoms with van der Waals surface area (Å²) in [4.78, 5) is 17.8. The molecule has 120 valence electrons. The number of rotatable bonds is 1. The molecule has 1 aliphatic rings. The molecule has 20 heavy (non-hydrogen) atoms. The molecule has 13 heteroatoms. The first-order valence-corrected chi connectivity index (χ1v) is 4.53. The fourth-order valence-electron chi connectivity index (χ4n) is 0.380. The summed E-state index contributed by atoms with van der Waals surface area (Å²) in [5, 5.41) is 25.3. The van der Waals surface area contributed by atoms with E-state index in [9.17, 15) is 26.3 Å². The number of alkyl halides is 6. The van der Waals surface area contributed by atoms with E-state index in [1.165, 1.54) is 0 Å². The number of aliphatic carboxylic acids is 2. The molecule has 0 aromatic carbocycles. The van der Waals surface area contributed by atoms with Gasteiger partial charge in [-0.1, -0.05) is 0 Å². The smallest absolute Gasteiger partial charge is 0.475 e. The lowest BCUT2D eigenvalue weighted by Gasteiger charge is -2.24. The van der Waals surface area contributed by atoms with Crippen molar-refractivity contribution in [2.24, 2.45) is 0 Å². The zero-order chi connectivity index (χ0) is 16.6. The van der Waals surface area contributed by atoms with Crippen molar-refractivity contribution < 1.29 is 51.4 Å². The molecule has 1 fully saturated rings. The second kappa shape index (κ2) is 8.55. The van der Waals surface area contributed by atoms with E-state index in [0.29, 0.717) is 6.04 Å². The first kappa shape index (κ1) is 20.7. The molecule has 1 saturated heterocycles. The molecular formula is C7H10F6N2O5. The van der Waals surface area contributed by atoms with Gasteiger partial charge in [0, 0.05) is 13.1 Å². The van der Waals surface area contributed by atoms with Crippen molar-refractivity contribution >= 4 is 11.9 Å². The quantitative estimate of drug-likeness (QED) is 0.346. The normalized spacial score (nSPS) is 14.9. The highest BCUT2D eigenvalue weighted by atomic mass is 19.4. The maximum Gasteiger partial charge on any atom is 0.490 e. The molecule has 5 N–H and O–H groups in total. The number of carboxylic acid groups (broad SMARTS) is 2. The van der Waals surface area contributed by atoms with Crippen LogP contribution in [0.3, 0.4) is 0 Å². The van der Waals surface area contributed by atoms with Gasteiger partial charge in [-0.3, -0.25) is 0 Å². The minimum Gasteiger partial charge on any atom is -0.475 e. The average molecular weight is 316 g/mol. The van der Waals surface area contributed by atoms with Crippen LogP contribution in [-0.2, 0) is 9.59 Å². The van der Waals surface area contributed by atoms with Gasteiger partial charge in [0.15, 0.2) is 0 Å². The molecule has 1 rings (SSSR count). The molecule has 0 unspecified atom stereocenters. The highest BCUT2D eigenvalue weighted by Crippen LogP contribution is 2.13. The summed E-state index contributed by atoms with van der Waals surface area (Å²) in [6.07, 6.45) is -10.2. The van der Waals surface area contributed by atoms with Crippen LogP contribution >= 0.6 is 0 Å². The van der Waals surface area contributed by atoms with Crippen molar-refractivity contribution in [2.75, 3.05) is 13.1 Å². The second-order valence-corrected chi connectivity index (χ2v) is 3.09. The summed E-state index contributed by atoms with van der Waals surface area (Å²) in [7, 11) is 0. The number of hydroxylamine groups is 1. The van der Waals surface area contributed by atoms with Gasteiger partial charge in [0.05, 0.1) is 6.04 Å². The van der Waals surface area contributed by atoms with Crippen molar-refractivity contribution in [3.8, 4) is 0 Å². The SMILES string of the molecule is O=C(O)C(F)(F)F.O=C(O)C(F)(F)F.ONC1CNC1. The molecule has 0 amide bonds. The van der Waals surface area contributed by atoms with Gasteiger partial charge in [-0.15, -0.1) is 0 Å². The number of hydrogen-bond acceptors (Lipinski definition) is 5. The van der Waals surface area contributed by atoms with Gasteiger partial charge in [0.25, 0.3) is 0 Å². The fourth-order valence-corrected chi connectivity index (χ4v) is 0.380. The number of carboxylic acids is 2. The Labute approximate surface area is 107 Å². The van der Waals surface area contributed by atoms with Crippen LogP contribution in [0, 0.1) is 0 Å². The molecule has 0 aliphatic carbocycles. The molecule has 0 saturated carbocycles. The van der Waals surface area contributed by atoms with Crippen LogP contribution in [0.5, 0.6) is 0 Å². The fraction of sp³-hybridized carbons (Fsp3) is 0.714. The van der Waals surface area contributed by atoms with E-state index < -0.39 is 24.3 Å². The van der Waals surface area contributed by atoms with E-state index >= 15 is 0 Å².